The SMILES string of the molecule is CCCCN(C(=O)NCC(=O)O)c1ccc(N2CCC(NC[C@@H](O)c3ccc(O)c(NS(C)(=O)=O)c3)CC2)cc1. The lowest BCUT2D eigenvalue weighted by Crippen LogP contribution is -2.44. The van der Waals surface area contributed by atoms with Gasteiger partial charge in [-0.3, -0.25) is 14.4 Å². The number of phenolic OH excluding ortho intramolecular Hbond substituents is 1. The molecule has 0 saturated carbocycles. The average molecular weight is 578 g/mol. The highest BCUT2D eigenvalue weighted by molar-refractivity contribution is 7.92. The zero-order valence-electron chi connectivity index (χ0n) is 22.8. The number of aliphatic carboxylic acids is 1. The minimum absolute atomic E-state index is 0.0211. The summed E-state index contributed by atoms with van der Waals surface area (Å²) in [5.74, 6) is -1.31. The number of sulfonamides is 1. The van der Waals surface area contributed by atoms with Gasteiger partial charge in [-0.2, -0.15) is 0 Å². The Morgan fingerprint density at radius 2 is 1.80 bits per heavy atom. The topological polar surface area (TPSA) is 172 Å². The van der Waals surface area contributed by atoms with Crippen molar-refractivity contribution in [1.82, 2.24) is 10.6 Å². The molecule has 2 aromatic rings. The Kier molecular flexibility index (Phi) is 11.0. The number of anilines is 3. The first-order valence-electron chi connectivity index (χ1n) is 13.3. The third-order valence-corrected chi connectivity index (χ3v) is 7.28. The van der Waals surface area contributed by atoms with E-state index in [1.807, 2.05) is 31.2 Å². The van der Waals surface area contributed by atoms with Gasteiger partial charge >= 0.3 is 12.0 Å². The molecular formula is C27H39N5O7S. The van der Waals surface area contributed by atoms with Gasteiger partial charge in [0.1, 0.15) is 12.3 Å². The summed E-state index contributed by atoms with van der Waals surface area (Å²) in [4.78, 5) is 27.2. The number of piperidine rings is 1. The van der Waals surface area contributed by atoms with Crippen molar-refractivity contribution in [2.24, 2.45) is 0 Å². The molecule has 0 bridgehead atoms. The molecule has 0 unspecified atom stereocenters. The second-order valence-corrected chi connectivity index (χ2v) is 11.7. The van der Waals surface area contributed by atoms with E-state index in [9.17, 15) is 28.2 Å². The van der Waals surface area contributed by atoms with Crippen LogP contribution in [0.1, 0.15) is 44.3 Å². The number of benzene rings is 2. The molecule has 2 amide bonds. The number of urea groups is 1. The number of aromatic hydroxyl groups is 1. The number of carbonyl (C=O) groups excluding carboxylic acids is 1. The predicted molar refractivity (Wildman–Crippen MR) is 155 cm³/mol. The van der Waals surface area contributed by atoms with E-state index in [0.717, 1.165) is 50.7 Å². The highest BCUT2D eigenvalue weighted by Crippen LogP contribution is 2.28. The number of unbranched alkanes of at least 4 members (excludes halogenated alkanes) is 1. The fourth-order valence-corrected chi connectivity index (χ4v) is 5.10. The van der Waals surface area contributed by atoms with Gasteiger partial charge in [-0.1, -0.05) is 19.4 Å². The third kappa shape index (κ3) is 9.28. The van der Waals surface area contributed by atoms with E-state index in [1.165, 1.54) is 12.1 Å². The second-order valence-electron chi connectivity index (χ2n) is 9.91. The molecule has 1 aliphatic rings. The van der Waals surface area contributed by atoms with Crippen molar-refractivity contribution in [2.45, 2.75) is 44.8 Å². The van der Waals surface area contributed by atoms with Crippen molar-refractivity contribution in [1.29, 1.82) is 0 Å². The number of phenols is 1. The molecule has 0 aliphatic carbocycles. The monoisotopic (exact) mass is 577 g/mol. The van der Waals surface area contributed by atoms with Crippen LogP contribution >= 0.6 is 0 Å². The van der Waals surface area contributed by atoms with Gasteiger partial charge < -0.3 is 30.9 Å². The Morgan fingerprint density at radius 3 is 2.40 bits per heavy atom. The predicted octanol–water partition coefficient (Wildman–Crippen LogP) is 2.46. The lowest BCUT2D eigenvalue weighted by atomic mass is 10.0. The minimum Gasteiger partial charge on any atom is -0.506 e. The van der Waals surface area contributed by atoms with Gasteiger partial charge in [0.15, 0.2) is 0 Å². The summed E-state index contributed by atoms with van der Waals surface area (Å²) in [7, 11) is -3.57. The highest BCUT2D eigenvalue weighted by Gasteiger charge is 2.22. The normalized spacial score (nSPS) is 14.9. The van der Waals surface area contributed by atoms with Gasteiger partial charge in [0.2, 0.25) is 10.0 Å². The summed E-state index contributed by atoms with van der Waals surface area (Å²) in [6, 6.07) is 11.8. The van der Waals surface area contributed by atoms with Crippen LogP contribution in [-0.2, 0) is 14.8 Å². The van der Waals surface area contributed by atoms with Crippen molar-refractivity contribution in [3.8, 4) is 5.75 Å². The number of aliphatic hydroxyl groups excluding tert-OH is 1. The standard InChI is InChI=1S/C27H39N5O7S/c1-3-4-13-32(27(37)29-18-26(35)36)22-8-6-21(7-9-22)31-14-11-20(12-15-31)28-17-25(34)19-5-10-24(33)23(16-19)30-40(2,38)39/h5-10,16,20,25,28,30,33-34H,3-4,11-15,17-18H2,1-2H3,(H,29,37)(H,35,36)/t25-/m1/s1. The van der Waals surface area contributed by atoms with Crippen LogP contribution in [0.2, 0.25) is 0 Å². The third-order valence-electron chi connectivity index (χ3n) is 6.69. The lowest BCUT2D eigenvalue weighted by Gasteiger charge is -2.34. The van der Waals surface area contributed by atoms with E-state index in [0.29, 0.717) is 17.8 Å². The molecule has 40 heavy (non-hydrogen) atoms. The van der Waals surface area contributed by atoms with E-state index in [4.69, 9.17) is 5.11 Å². The zero-order chi connectivity index (χ0) is 29.3. The Hall–Kier alpha value is -3.55. The molecule has 0 spiro atoms. The van der Waals surface area contributed by atoms with Gasteiger partial charge in [0.25, 0.3) is 0 Å². The van der Waals surface area contributed by atoms with Crippen LogP contribution in [0.15, 0.2) is 42.5 Å². The first kappa shape index (κ1) is 31.0. The molecule has 0 radical (unpaired) electrons. The summed E-state index contributed by atoms with van der Waals surface area (Å²) in [6.07, 6.45) is 3.51. The van der Waals surface area contributed by atoms with Gasteiger partial charge in [-0.05, 0) is 61.2 Å². The van der Waals surface area contributed by atoms with Crippen molar-refractivity contribution >= 4 is 39.1 Å². The molecule has 1 saturated heterocycles. The molecule has 1 atom stereocenters. The molecule has 12 nitrogen and oxygen atoms in total. The minimum atomic E-state index is -3.57. The van der Waals surface area contributed by atoms with Crippen LogP contribution in [0.25, 0.3) is 0 Å². The van der Waals surface area contributed by atoms with Gasteiger partial charge in [0.05, 0.1) is 18.0 Å². The van der Waals surface area contributed by atoms with Crippen molar-refractivity contribution in [3.63, 3.8) is 0 Å². The number of hydrogen-bond acceptors (Lipinski definition) is 8. The van der Waals surface area contributed by atoms with E-state index in [2.05, 4.69) is 20.3 Å². The number of carboxylic acids is 1. The molecular weight excluding hydrogens is 538 g/mol. The first-order valence-corrected chi connectivity index (χ1v) is 15.2. The molecule has 1 fully saturated rings. The number of carbonyl (C=O) groups is 2. The number of nitrogens with zero attached hydrogens (tertiary/aromatic N) is 2. The number of hydrogen-bond donors (Lipinski definition) is 6. The molecule has 0 aromatic heterocycles. The van der Waals surface area contributed by atoms with E-state index < -0.39 is 34.7 Å². The first-order chi connectivity index (χ1) is 19.0. The number of amides is 2. The van der Waals surface area contributed by atoms with Crippen molar-refractivity contribution in [3.05, 3.63) is 48.0 Å². The smallest absolute Gasteiger partial charge is 0.323 e. The van der Waals surface area contributed by atoms with Gasteiger partial charge in [-0.15, -0.1) is 0 Å². The van der Waals surface area contributed by atoms with Crippen LogP contribution in [-0.4, -0.2) is 80.8 Å². The molecule has 220 valence electrons. The van der Waals surface area contributed by atoms with Crippen LogP contribution in [0, 0.1) is 0 Å². The van der Waals surface area contributed by atoms with Crippen LogP contribution in [0.3, 0.4) is 0 Å². The number of rotatable bonds is 13. The zero-order valence-corrected chi connectivity index (χ0v) is 23.7. The Morgan fingerprint density at radius 1 is 1.12 bits per heavy atom. The summed E-state index contributed by atoms with van der Waals surface area (Å²) >= 11 is 0. The Labute approximate surface area is 235 Å². The molecule has 2 aromatic carbocycles. The summed E-state index contributed by atoms with van der Waals surface area (Å²) in [5, 5.41) is 35.2. The molecule has 13 heteroatoms. The van der Waals surface area contributed by atoms with Crippen LogP contribution < -0.4 is 25.2 Å². The number of nitrogens with one attached hydrogen (secondary N) is 3. The summed E-state index contributed by atoms with van der Waals surface area (Å²) in [6.45, 7) is 3.96. The Bertz CT molecular complexity index is 1250. The van der Waals surface area contributed by atoms with Crippen LogP contribution in [0.5, 0.6) is 5.75 Å². The van der Waals surface area contributed by atoms with Crippen molar-refractivity contribution in [2.75, 3.05) is 53.5 Å². The molecule has 1 aliphatic heterocycles. The quantitative estimate of drug-likeness (QED) is 0.196. The second kappa shape index (κ2) is 14.2. The maximum absolute atomic E-state index is 12.5. The summed E-state index contributed by atoms with van der Waals surface area (Å²) < 4.78 is 25.3. The maximum Gasteiger partial charge on any atom is 0.323 e. The van der Waals surface area contributed by atoms with E-state index >= 15 is 0 Å². The fourth-order valence-electron chi connectivity index (χ4n) is 4.53. The van der Waals surface area contributed by atoms with Crippen LogP contribution in [0.4, 0.5) is 21.9 Å². The van der Waals surface area contributed by atoms with Crippen molar-refractivity contribution < 1.29 is 33.3 Å². The Balaban J connectivity index is 1.52. The molecule has 3 rings (SSSR count). The summed E-state index contributed by atoms with van der Waals surface area (Å²) in [5.41, 5.74) is 2.24. The molecule has 6 N–H and O–H groups in total. The number of aliphatic hydroxyl groups is 1. The average Bonchev–Trinajstić information content (AvgIpc) is 2.92. The molecule has 1 heterocycles. The fraction of sp³-hybridized carbons (Fsp3) is 0.481. The lowest BCUT2D eigenvalue weighted by molar-refractivity contribution is -0.135. The number of carboxylic acid groups (broad SMARTS) is 1. The van der Waals surface area contributed by atoms with E-state index in [-0.39, 0.29) is 24.0 Å². The highest BCUT2D eigenvalue weighted by atomic mass is 32.2. The van der Waals surface area contributed by atoms with Gasteiger partial charge in [0, 0.05) is 43.6 Å². The van der Waals surface area contributed by atoms with E-state index in [1.54, 1.807) is 11.0 Å². The van der Waals surface area contributed by atoms with Gasteiger partial charge in [-0.25, -0.2) is 13.2 Å². The maximum atomic E-state index is 12.5. The largest absolute Gasteiger partial charge is 0.506 e.